The standard InChI is InChI=1S/C62H40FN/c63-49-31-36-51(37-32-49)64(52-35-29-41-11-1-2-14-47(41)39-52)50-33-27-43(28-34-50)42-23-25-44(26-24-42)48-30-38-59-60(40-48)62(56-22-10-16-46-13-4-6-18-54(46)56)58-20-8-7-19-57(58)61(59)55-21-9-15-45-12-3-5-17-53(45)55/h1-40H. The lowest BCUT2D eigenvalue weighted by Gasteiger charge is -2.26. The van der Waals surface area contributed by atoms with Gasteiger partial charge in [0.2, 0.25) is 0 Å². The van der Waals surface area contributed by atoms with Gasteiger partial charge in [-0.1, -0.05) is 188 Å². The lowest BCUT2D eigenvalue weighted by molar-refractivity contribution is 0.628. The number of hydrogen-bond acceptors (Lipinski definition) is 1. The first kappa shape index (κ1) is 37.4. The number of nitrogens with zero attached hydrogens (tertiary/aromatic N) is 1. The average Bonchev–Trinajstić information content (AvgIpc) is 3.36. The van der Waals surface area contributed by atoms with Crippen LogP contribution in [-0.4, -0.2) is 0 Å². The molecule has 0 unspecified atom stereocenters. The first-order chi connectivity index (χ1) is 31.6. The second-order valence-electron chi connectivity index (χ2n) is 16.6. The Morgan fingerprint density at radius 3 is 1.25 bits per heavy atom. The van der Waals surface area contributed by atoms with E-state index in [2.05, 4.69) is 223 Å². The predicted octanol–water partition coefficient (Wildman–Crippen LogP) is 17.7. The van der Waals surface area contributed by atoms with Crippen LogP contribution in [-0.2, 0) is 0 Å². The Labute approximate surface area is 371 Å². The molecule has 12 aromatic rings. The van der Waals surface area contributed by atoms with E-state index in [4.69, 9.17) is 0 Å². The fraction of sp³-hybridized carbons (Fsp3) is 0. The molecule has 0 heterocycles. The lowest BCUT2D eigenvalue weighted by Crippen LogP contribution is -2.09. The molecule has 0 aliphatic rings. The second kappa shape index (κ2) is 15.5. The summed E-state index contributed by atoms with van der Waals surface area (Å²) in [5, 5.41) is 12.2. The molecule has 12 aromatic carbocycles. The van der Waals surface area contributed by atoms with Crippen molar-refractivity contribution in [1.29, 1.82) is 0 Å². The monoisotopic (exact) mass is 817 g/mol. The summed E-state index contributed by atoms with van der Waals surface area (Å²) in [6, 6.07) is 85.9. The van der Waals surface area contributed by atoms with E-state index < -0.39 is 0 Å². The van der Waals surface area contributed by atoms with E-state index >= 15 is 0 Å². The molecule has 64 heavy (non-hydrogen) atoms. The molecule has 2 heteroatoms. The van der Waals surface area contributed by atoms with E-state index in [1.54, 1.807) is 0 Å². The molecule has 0 aliphatic carbocycles. The molecule has 12 rings (SSSR count). The molecule has 0 saturated carbocycles. The molecule has 0 fully saturated rings. The molecule has 0 amide bonds. The molecule has 0 bridgehead atoms. The Kier molecular flexibility index (Phi) is 9.09. The minimum atomic E-state index is -0.255. The van der Waals surface area contributed by atoms with Crippen LogP contribution in [0.4, 0.5) is 21.5 Å². The highest BCUT2D eigenvalue weighted by Gasteiger charge is 2.20. The summed E-state index contributed by atoms with van der Waals surface area (Å²) < 4.78 is 14.1. The summed E-state index contributed by atoms with van der Waals surface area (Å²) in [6.45, 7) is 0. The van der Waals surface area contributed by atoms with Crippen molar-refractivity contribution in [2.75, 3.05) is 4.90 Å². The number of rotatable bonds is 7. The van der Waals surface area contributed by atoms with Crippen molar-refractivity contribution in [3.05, 3.63) is 248 Å². The van der Waals surface area contributed by atoms with Crippen LogP contribution in [0.2, 0.25) is 0 Å². The van der Waals surface area contributed by atoms with Gasteiger partial charge in [-0.05, 0) is 153 Å². The highest BCUT2D eigenvalue weighted by atomic mass is 19.1. The van der Waals surface area contributed by atoms with E-state index in [1.165, 1.54) is 88.4 Å². The first-order valence-electron chi connectivity index (χ1n) is 21.8. The summed E-state index contributed by atoms with van der Waals surface area (Å²) in [6.07, 6.45) is 0. The maximum atomic E-state index is 14.1. The molecular formula is C62H40FN. The van der Waals surface area contributed by atoms with Crippen molar-refractivity contribution in [2.24, 2.45) is 0 Å². The topological polar surface area (TPSA) is 3.24 Å². The van der Waals surface area contributed by atoms with Gasteiger partial charge in [-0.3, -0.25) is 0 Å². The van der Waals surface area contributed by atoms with E-state index in [0.717, 1.165) is 39.1 Å². The minimum absolute atomic E-state index is 0.255. The van der Waals surface area contributed by atoms with Crippen LogP contribution in [0.25, 0.3) is 98.4 Å². The van der Waals surface area contributed by atoms with Crippen LogP contribution in [0.3, 0.4) is 0 Å². The van der Waals surface area contributed by atoms with Gasteiger partial charge in [0, 0.05) is 17.1 Å². The fourth-order valence-corrected chi connectivity index (χ4v) is 9.84. The van der Waals surface area contributed by atoms with Crippen LogP contribution in [0, 0.1) is 5.82 Å². The van der Waals surface area contributed by atoms with Crippen molar-refractivity contribution < 1.29 is 4.39 Å². The summed E-state index contributed by atoms with van der Waals surface area (Å²) >= 11 is 0. The Morgan fingerprint density at radius 1 is 0.250 bits per heavy atom. The van der Waals surface area contributed by atoms with Gasteiger partial charge in [-0.25, -0.2) is 4.39 Å². The quantitative estimate of drug-likeness (QED) is 0.145. The van der Waals surface area contributed by atoms with Crippen molar-refractivity contribution in [2.45, 2.75) is 0 Å². The normalized spacial score (nSPS) is 11.5. The van der Waals surface area contributed by atoms with Crippen molar-refractivity contribution in [3.63, 3.8) is 0 Å². The highest BCUT2D eigenvalue weighted by molar-refractivity contribution is 6.25. The van der Waals surface area contributed by atoms with Gasteiger partial charge < -0.3 is 4.90 Å². The zero-order valence-corrected chi connectivity index (χ0v) is 34.9. The first-order valence-corrected chi connectivity index (χ1v) is 21.8. The van der Waals surface area contributed by atoms with Gasteiger partial charge in [0.25, 0.3) is 0 Å². The fourth-order valence-electron chi connectivity index (χ4n) is 9.84. The van der Waals surface area contributed by atoms with Crippen LogP contribution < -0.4 is 4.90 Å². The molecule has 0 saturated heterocycles. The zero-order chi connectivity index (χ0) is 42.6. The average molecular weight is 818 g/mol. The summed E-state index contributed by atoms with van der Waals surface area (Å²) in [5.41, 5.74) is 12.5. The molecule has 0 aromatic heterocycles. The van der Waals surface area contributed by atoms with Crippen molar-refractivity contribution >= 4 is 70.9 Å². The van der Waals surface area contributed by atoms with Gasteiger partial charge in [0.15, 0.2) is 0 Å². The molecule has 0 radical (unpaired) electrons. The number of anilines is 3. The van der Waals surface area contributed by atoms with Crippen LogP contribution in [0.5, 0.6) is 0 Å². The van der Waals surface area contributed by atoms with Gasteiger partial charge in [-0.15, -0.1) is 0 Å². The predicted molar refractivity (Wildman–Crippen MR) is 270 cm³/mol. The number of fused-ring (bicyclic) bond motifs is 5. The minimum Gasteiger partial charge on any atom is -0.310 e. The van der Waals surface area contributed by atoms with E-state index in [0.29, 0.717) is 0 Å². The van der Waals surface area contributed by atoms with Gasteiger partial charge in [0.05, 0.1) is 0 Å². The number of halogens is 1. The molecular weight excluding hydrogens is 778 g/mol. The summed E-state index contributed by atoms with van der Waals surface area (Å²) in [7, 11) is 0. The van der Waals surface area contributed by atoms with Gasteiger partial charge in [0.1, 0.15) is 5.82 Å². The van der Waals surface area contributed by atoms with Gasteiger partial charge in [-0.2, -0.15) is 0 Å². The Balaban J connectivity index is 0.970. The Hall–Kier alpha value is -8.33. The number of benzene rings is 12. The molecule has 300 valence electrons. The second-order valence-corrected chi connectivity index (χ2v) is 16.6. The maximum Gasteiger partial charge on any atom is 0.123 e. The van der Waals surface area contributed by atoms with E-state index in [9.17, 15) is 4.39 Å². The third kappa shape index (κ3) is 6.47. The van der Waals surface area contributed by atoms with Crippen molar-refractivity contribution in [3.8, 4) is 44.5 Å². The zero-order valence-electron chi connectivity index (χ0n) is 34.9. The van der Waals surface area contributed by atoms with Crippen LogP contribution in [0.1, 0.15) is 0 Å². The summed E-state index contributed by atoms with van der Waals surface area (Å²) in [5.74, 6) is -0.255. The molecule has 0 aliphatic heterocycles. The summed E-state index contributed by atoms with van der Waals surface area (Å²) in [4.78, 5) is 2.18. The molecule has 0 spiro atoms. The van der Waals surface area contributed by atoms with E-state index in [-0.39, 0.29) is 5.82 Å². The largest absolute Gasteiger partial charge is 0.310 e. The van der Waals surface area contributed by atoms with Crippen molar-refractivity contribution in [1.82, 2.24) is 0 Å². The maximum absolute atomic E-state index is 14.1. The van der Waals surface area contributed by atoms with Crippen LogP contribution >= 0.6 is 0 Å². The Morgan fingerprint density at radius 2 is 0.656 bits per heavy atom. The third-order valence-electron chi connectivity index (χ3n) is 12.9. The Bertz CT molecular complexity index is 3710. The molecule has 0 N–H and O–H groups in total. The van der Waals surface area contributed by atoms with Crippen LogP contribution in [0.15, 0.2) is 243 Å². The smallest absolute Gasteiger partial charge is 0.123 e. The van der Waals surface area contributed by atoms with Gasteiger partial charge >= 0.3 is 0 Å². The third-order valence-corrected chi connectivity index (χ3v) is 12.9. The highest BCUT2D eigenvalue weighted by Crippen LogP contribution is 2.48. The molecule has 0 atom stereocenters. The van der Waals surface area contributed by atoms with E-state index in [1.807, 2.05) is 12.1 Å². The SMILES string of the molecule is Fc1ccc(N(c2ccc(-c3ccc(-c4ccc5c(-c6cccc7ccccc67)c6ccccc6c(-c6cccc7ccccc67)c5c4)cc3)cc2)c2ccc3ccccc3c2)cc1. The lowest BCUT2D eigenvalue weighted by atomic mass is 9.83. The molecule has 1 nitrogen and oxygen atoms in total. The number of hydrogen-bond donors (Lipinski definition) is 0.